The van der Waals surface area contributed by atoms with E-state index in [1.807, 2.05) is 0 Å². The molecule has 0 aromatic carbocycles. The maximum atomic E-state index is 12.9. The summed E-state index contributed by atoms with van der Waals surface area (Å²) in [4.78, 5) is 12.9. The summed E-state index contributed by atoms with van der Waals surface area (Å²) in [6.07, 6.45) is 20.4. The molecule has 2 heterocycles. The van der Waals surface area contributed by atoms with E-state index in [9.17, 15) is 40.5 Å². The van der Waals surface area contributed by atoms with Gasteiger partial charge < -0.3 is 64.2 Å². The highest BCUT2D eigenvalue weighted by atomic mass is 16.7. The predicted octanol–water partition coefficient (Wildman–Crippen LogP) is 5.23. The number of rotatable bonds is 34. The van der Waals surface area contributed by atoms with Crippen molar-refractivity contribution in [1.29, 1.82) is 0 Å². The summed E-state index contributed by atoms with van der Waals surface area (Å²) in [7, 11) is 0. The number of aliphatic hydroxyl groups excluding tert-OH is 7. The van der Waals surface area contributed by atoms with Crippen LogP contribution in [-0.4, -0.2) is 142 Å². The van der Waals surface area contributed by atoms with E-state index in [0.717, 1.165) is 57.8 Å². The first-order chi connectivity index (χ1) is 29.1. The van der Waals surface area contributed by atoms with Crippen molar-refractivity contribution in [2.75, 3.05) is 33.0 Å². The van der Waals surface area contributed by atoms with Crippen molar-refractivity contribution >= 4 is 5.97 Å². The van der Waals surface area contributed by atoms with E-state index in [2.05, 4.69) is 62.5 Å². The molecule has 11 unspecified atom stereocenters. The summed E-state index contributed by atoms with van der Waals surface area (Å²) in [5.41, 5.74) is 0. The number of hydrogen-bond acceptors (Lipinski definition) is 14. The van der Waals surface area contributed by atoms with Crippen LogP contribution < -0.4 is 0 Å². The third-order valence-corrected chi connectivity index (χ3v) is 10.6. The third-order valence-electron chi connectivity index (χ3n) is 10.6. The van der Waals surface area contributed by atoms with Crippen LogP contribution >= 0.6 is 0 Å². The highest BCUT2D eigenvalue weighted by molar-refractivity contribution is 5.69. The molecule has 0 spiro atoms. The minimum absolute atomic E-state index is 0.0447. The number of ether oxygens (including phenoxy) is 6. The second-order valence-corrected chi connectivity index (χ2v) is 15.8. The van der Waals surface area contributed by atoms with Crippen molar-refractivity contribution < 1.29 is 69.0 Å². The zero-order chi connectivity index (χ0) is 43.8. The van der Waals surface area contributed by atoms with Gasteiger partial charge in [-0.25, -0.2) is 0 Å². The predicted molar refractivity (Wildman–Crippen MR) is 229 cm³/mol. The lowest BCUT2D eigenvalue weighted by Gasteiger charge is -2.42. The second kappa shape index (κ2) is 34.4. The van der Waals surface area contributed by atoms with Crippen molar-refractivity contribution in [1.82, 2.24) is 0 Å². The second-order valence-electron chi connectivity index (χ2n) is 15.8. The van der Waals surface area contributed by atoms with Crippen LogP contribution in [0.25, 0.3) is 0 Å². The standard InChI is InChI=1S/C46H80O14/c1-3-5-7-9-11-13-15-16-17-18-19-21-23-25-27-29-38(48)58-35(32-55-30-28-26-24-22-20-14-12-10-8-6-4-2)33-56-45-44(54)42(52)40(50)37(60-45)34-57-46-43(53)41(51)39(49)36(31-47)59-46/h5,7,11,13,16-17,19,21,35-37,39-47,49-54H,3-4,6,8-10,12,14-15,18,20,22-34H2,1-2H3/b7-5-,13-11-,17-16-,21-19-. The van der Waals surface area contributed by atoms with Crippen LogP contribution in [0.1, 0.15) is 136 Å². The van der Waals surface area contributed by atoms with Crippen molar-refractivity contribution in [3.8, 4) is 0 Å². The van der Waals surface area contributed by atoms with Gasteiger partial charge in [0.25, 0.3) is 0 Å². The quantitative estimate of drug-likeness (QED) is 0.0251. The van der Waals surface area contributed by atoms with Gasteiger partial charge in [0, 0.05) is 13.0 Å². The van der Waals surface area contributed by atoms with Gasteiger partial charge in [-0.15, -0.1) is 0 Å². The molecule has 2 saturated heterocycles. The molecule has 60 heavy (non-hydrogen) atoms. The van der Waals surface area contributed by atoms with Crippen LogP contribution in [0, 0.1) is 0 Å². The average Bonchev–Trinajstić information content (AvgIpc) is 3.24. The lowest BCUT2D eigenvalue weighted by molar-refractivity contribution is -0.332. The SMILES string of the molecule is CC/C=C\C/C=C\C/C=C\C/C=C\CCCCC(=O)OC(COCCCCCCCCCCCCC)COC1OC(COC2OC(CO)C(O)C(O)C2O)C(O)C(O)C1O. The van der Waals surface area contributed by atoms with Gasteiger partial charge >= 0.3 is 5.97 Å². The van der Waals surface area contributed by atoms with E-state index >= 15 is 0 Å². The number of aliphatic hydroxyl groups is 7. The largest absolute Gasteiger partial charge is 0.457 e. The zero-order valence-electron chi connectivity index (χ0n) is 36.4. The number of carbonyl (C=O) groups excluding carboxylic acids is 1. The molecule has 2 fully saturated rings. The summed E-state index contributed by atoms with van der Waals surface area (Å²) in [5, 5.41) is 71.9. The topological polar surface area (TPSA) is 214 Å². The van der Waals surface area contributed by atoms with Crippen molar-refractivity contribution in [3.63, 3.8) is 0 Å². The van der Waals surface area contributed by atoms with Gasteiger partial charge in [-0.05, 0) is 51.4 Å². The summed E-state index contributed by atoms with van der Waals surface area (Å²) in [6.45, 7) is 3.49. The number of carbonyl (C=O) groups is 1. The molecule has 14 nitrogen and oxygen atoms in total. The molecule has 2 aliphatic rings. The fourth-order valence-corrected chi connectivity index (χ4v) is 6.86. The van der Waals surface area contributed by atoms with E-state index in [-0.39, 0.29) is 19.6 Å². The molecule has 348 valence electrons. The third kappa shape index (κ3) is 22.9. The molecule has 11 atom stereocenters. The molecule has 2 aliphatic heterocycles. The van der Waals surface area contributed by atoms with Gasteiger partial charge in [0.1, 0.15) is 54.9 Å². The Balaban J connectivity index is 1.84. The number of unbranched alkanes of at least 4 members (excludes halogenated alkanes) is 12. The summed E-state index contributed by atoms with van der Waals surface area (Å²) in [5.74, 6) is -0.418. The van der Waals surface area contributed by atoms with Crippen LogP contribution in [-0.2, 0) is 33.2 Å². The Labute approximate surface area is 359 Å². The van der Waals surface area contributed by atoms with Crippen molar-refractivity contribution in [3.05, 3.63) is 48.6 Å². The van der Waals surface area contributed by atoms with Gasteiger partial charge in [-0.2, -0.15) is 0 Å². The lowest BCUT2D eigenvalue weighted by atomic mass is 9.98. The van der Waals surface area contributed by atoms with Crippen LogP contribution in [0.3, 0.4) is 0 Å². The van der Waals surface area contributed by atoms with Crippen molar-refractivity contribution in [2.45, 2.75) is 203 Å². The Morgan fingerprint density at radius 1 is 0.567 bits per heavy atom. The zero-order valence-corrected chi connectivity index (χ0v) is 36.4. The molecular formula is C46H80O14. The molecule has 0 amide bonds. The number of esters is 1. The molecule has 0 bridgehead atoms. The summed E-state index contributed by atoms with van der Waals surface area (Å²) < 4.78 is 34.1. The minimum Gasteiger partial charge on any atom is -0.457 e. The first-order valence-corrected chi connectivity index (χ1v) is 22.7. The fourth-order valence-electron chi connectivity index (χ4n) is 6.86. The molecule has 14 heteroatoms. The van der Waals surface area contributed by atoms with E-state index in [4.69, 9.17) is 28.4 Å². The first-order valence-electron chi connectivity index (χ1n) is 22.7. The van der Waals surface area contributed by atoms with Gasteiger partial charge in [-0.1, -0.05) is 127 Å². The monoisotopic (exact) mass is 857 g/mol. The van der Waals surface area contributed by atoms with Gasteiger partial charge in [0.15, 0.2) is 12.6 Å². The van der Waals surface area contributed by atoms with E-state index in [0.29, 0.717) is 13.0 Å². The summed E-state index contributed by atoms with van der Waals surface area (Å²) in [6, 6.07) is 0. The van der Waals surface area contributed by atoms with Gasteiger partial charge in [-0.3, -0.25) is 4.79 Å². The smallest absolute Gasteiger partial charge is 0.306 e. The van der Waals surface area contributed by atoms with Gasteiger partial charge in [0.05, 0.1) is 26.4 Å². The highest BCUT2D eigenvalue weighted by Crippen LogP contribution is 2.26. The number of allylic oxidation sites excluding steroid dienone is 8. The van der Waals surface area contributed by atoms with E-state index < -0.39 is 86.7 Å². The van der Waals surface area contributed by atoms with Gasteiger partial charge in [0.2, 0.25) is 0 Å². The normalized spacial score (nSPS) is 28.1. The molecular weight excluding hydrogens is 776 g/mol. The highest BCUT2D eigenvalue weighted by Gasteiger charge is 2.47. The van der Waals surface area contributed by atoms with Crippen LogP contribution in [0.2, 0.25) is 0 Å². The maximum Gasteiger partial charge on any atom is 0.306 e. The Kier molecular flexibility index (Phi) is 31.0. The Morgan fingerprint density at radius 2 is 1.08 bits per heavy atom. The van der Waals surface area contributed by atoms with E-state index in [1.165, 1.54) is 51.4 Å². The Bertz CT molecular complexity index is 1180. The summed E-state index contributed by atoms with van der Waals surface area (Å²) >= 11 is 0. The molecule has 0 aromatic rings. The average molecular weight is 857 g/mol. The lowest BCUT2D eigenvalue weighted by Crippen LogP contribution is -2.61. The first kappa shape index (κ1) is 54.1. The molecule has 7 N–H and O–H groups in total. The number of hydrogen-bond donors (Lipinski definition) is 7. The fraction of sp³-hybridized carbons (Fsp3) is 0.804. The maximum absolute atomic E-state index is 12.9. The van der Waals surface area contributed by atoms with Crippen molar-refractivity contribution in [2.24, 2.45) is 0 Å². The Hall–Kier alpha value is -2.05. The molecule has 2 rings (SSSR count). The van der Waals surface area contributed by atoms with Crippen LogP contribution in [0.15, 0.2) is 48.6 Å². The molecule has 0 radical (unpaired) electrons. The Morgan fingerprint density at radius 3 is 1.67 bits per heavy atom. The van der Waals surface area contributed by atoms with Crippen LogP contribution in [0.5, 0.6) is 0 Å². The minimum atomic E-state index is -1.71. The van der Waals surface area contributed by atoms with E-state index in [1.54, 1.807) is 0 Å². The molecule has 0 aromatic heterocycles. The van der Waals surface area contributed by atoms with Crippen LogP contribution in [0.4, 0.5) is 0 Å². The molecule has 0 saturated carbocycles. The molecule has 0 aliphatic carbocycles.